The Morgan fingerprint density at radius 3 is 0.583 bits per heavy atom. The molecule has 0 heterocycles. The van der Waals surface area contributed by atoms with Crippen molar-refractivity contribution >= 4 is 11.6 Å². The zero-order valence-electron chi connectivity index (χ0n) is 10.5. The van der Waals surface area contributed by atoms with Gasteiger partial charge in [0.1, 0.15) is 5.02 Å². The van der Waals surface area contributed by atoms with Gasteiger partial charge in [0.25, 0.3) is 0 Å². The second kappa shape index (κ2) is 7.24. The third-order valence-corrected chi connectivity index (χ3v) is 2.64. The first-order chi connectivity index (χ1) is 10.9. The van der Waals surface area contributed by atoms with E-state index < -0.39 is 69.0 Å². The van der Waals surface area contributed by atoms with Crippen LogP contribution in [0.1, 0.15) is 0 Å². The molecule has 0 spiro atoms. The molecule has 0 bridgehead atoms. The maximum atomic E-state index is 12.3. The zero-order chi connectivity index (χ0) is 18.9. The van der Waals surface area contributed by atoms with E-state index in [1.165, 1.54) is 0 Å². The molecule has 132 valence electrons. The summed E-state index contributed by atoms with van der Waals surface area (Å²) in [5.41, 5.74) is 0. The summed E-state index contributed by atoms with van der Waals surface area (Å²) >= 11 is 4.76. The van der Waals surface area contributed by atoms with Crippen LogP contribution < -0.4 is 0 Å². The maximum absolute atomic E-state index is 12.3. The molecule has 12 heteroatoms. The van der Waals surface area contributed by atoms with Gasteiger partial charge in [-0.1, -0.05) is 11.6 Å². The van der Waals surface area contributed by atoms with E-state index >= 15 is 0 Å². The van der Waals surface area contributed by atoms with Crippen molar-refractivity contribution in [2.24, 2.45) is 0 Å². The highest BCUT2D eigenvalue weighted by Crippen LogP contribution is 2.26. The van der Waals surface area contributed by atoms with Crippen LogP contribution in [-0.4, -0.2) is 0 Å². The minimum Gasteiger partial charge on any atom is -0.202 e. The minimum atomic E-state index is -2.37. The van der Waals surface area contributed by atoms with Crippen LogP contribution in [0.3, 0.4) is 0 Å². The Morgan fingerprint density at radius 2 is 0.417 bits per heavy atom. The number of halogens is 12. The molecule has 0 aliphatic carbocycles. The first kappa shape index (κ1) is 20.0. The second-order valence-electron chi connectivity index (χ2n) is 3.77. The first-order valence-electron chi connectivity index (χ1n) is 5.27. The van der Waals surface area contributed by atoms with Crippen LogP contribution >= 0.6 is 11.6 Å². The molecule has 0 nitrogen and oxygen atoms in total. The summed E-state index contributed by atoms with van der Waals surface area (Å²) in [4.78, 5) is 0. The standard InChI is InChI=1S/C6ClF5.C6F6/c2*7-1-2(8)4(10)6(12)5(11)3(1)9. The summed E-state index contributed by atoms with van der Waals surface area (Å²) in [7, 11) is 0. The van der Waals surface area contributed by atoms with Crippen LogP contribution in [0.15, 0.2) is 0 Å². The molecule has 2 aromatic rings. The molecule has 0 aromatic heterocycles. The molecule has 0 amide bonds. The van der Waals surface area contributed by atoms with Gasteiger partial charge in [-0.2, -0.15) is 0 Å². The summed E-state index contributed by atoms with van der Waals surface area (Å²) < 4.78 is 133. The van der Waals surface area contributed by atoms with Gasteiger partial charge in [0, 0.05) is 0 Å². The van der Waals surface area contributed by atoms with Gasteiger partial charge in [-0.3, -0.25) is 0 Å². The Balaban J connectivity index is 0.000000240. The highest BCUT2D eigenvalue weighted by Gasteiger charge is 2.25. The van der Waals surface area contributed by atoms with Crippen LogP contribution in [0.2, 0.25) is 5.02 Å². The molecule has 0 saturated heterocycles. The Labute approximate surface area is 130 Å². The number of rotatable bonds is 0. The molecular formula is C12ClF11. The summed E-state index contributed by atoms with van der Waals surface area (Å²) in [5.74, 6) is -24.6. The van der Waals surface area contributed by atoms with Crippen molar-refractivity contribution in [3.63, 3.8) is 0 Å². The molecule has 2 aromatic carbocycles. The lowest BCUT2D eigenvalue weighted by Crippen LogP contribution is -2.04. The molecule has 0 N–H and O–H groups in total. The molecule has 0 fully saturated rings. The summed E-state index contributed by atoms with van der Waals surface area (Å²) in [6, 6.07) is 0. The molecule has 0 aliphatic rings. The van der Waals surface area contributed by atoms with Crippen LogP contribution in [0, 0.1) is 64.0 Å². The normalized spacial score (nSPS) is 10.5. The van der Waals surface area contributed by atoms with E-state index in [-0.39, 0.29) is 0 Å². The van der Waals surface area contributed by atoms with Gasteiger partial charge >= 0.3 is 0 Å². The summed E-state index contributed by atoms with van der Waals surface area (Å²) in [5, 5.41) is -1.40. The lowest BCUT2D eigenvalue weighted by molar-refractivity contribution is 0.334. The fourth-order valence-electron chi connectivity index (χ4n) is 1.16. The molecule has 0 aliphatic heterocycles. The predicted molar refractivity (Wildman–Crippen MR) is 57.4 cm³/mol. The van der Waals surface area contributed by atoms with Gasteiger partial charge in [-0.15, -0.1) is 0 Å². The average Bonchev–Trinajstić information content (AvgIpc) is 2.58. The van der Waals surface area contributed by atoms with E-state index in [2.05, 4.69) is 0 Å². The van der Waals surface area contributed by atoms with Gasteiger partial charge in [-0.05, 0) is 0 Å². The summed E-state index contributed by atoms with van der Waals surface area (Å²) in [6.45, 7) is 0. The maximum Gasteiger partial charge on any atom is 0.200 e. The van der Waals surface area contributed by atoms with Gasteiger partial charge in [0.2, 0.25) is 40.7 Å². The highest BCUT2D eigenvalue weighted by atomic mass is 35.5. The summed E-state index contributed by atoms with van der Waals surface area (Å²) in [6.07, 6.45) is 0. The Morgan fingerprint density at radius 1 is 0.292 bits per heavy atom. The van der Waals surface area contributed by atoms with Crippen molar-refractivity contribution in [3.05, 3.63) is 69.0 Å². The molecule has 0 atom stereocenters. The molecule has 0 unspecified atom stereocenters. The minimum absolute atomic E-state index is 1.40. The third-order valence-electron chi connectivity index (χ3n) is 2.31. The monoisotopic (exact) mass is 388 g/mol. The van der Waals surface area contributed by atoms with Crippen molar-refractivity contribution in [2.75, 3.05) is 0 Å². The van der Waals surface area contributed by atoms with Gasteiger partial charge < -0.3 is 0 Å². The van der Waals surface area contributed by atoms with E-state index in [9.17, 15) is 48.3 Å². The van der Waals surface area contributed by atoms with E-state index in [1.54, 1.807) is 0 Å². The second-order valence-corrected chi connectivity index (χ2v) is 4.15. The quantitative estimate of drug-likeness (QED) is 0.315. The van der Waals surface area contributed by atoms with Crippen LogP contribution in [0.25, 0.3) is 0 Å². The average molecular weight is 389 g/mol. The Bertz CT molecular complexity index is 525. The molecule has 2 rings (SSSR count). The van der Waals surface area contributed by atoms with Gasteiger partial charge in [0.15, 0.2) is 23.3 Å². The fourth-order valence-corrected chi connectivity index (χ4v) is 1.32. The first-order valence-corrected chi connectivity index (χ1v) is 5.65. The van der Waals surface area contributed by atoms with E-state index in [1.807, 2.05) is 0 Å². The van der Waals surface area contributed by atoms with E-state index in [4.69, 9.17) is 11.6 Å². The van der Waals surface area contributed by atoms with Crippen LogP contribution in [0.4, 0.5) is 48.3 Å². The van der Waals surface area contributed by atoms with Crippen LogP contribution in [-0.2, 0) is 0 Å². The van der Waals surface area contributed by atoms with Crippen molar-refractivity contribution in [1.29, 1.82) is 0 Å². The topological polar surface area (TPSA) is 0 Å². The predicted octanol–water partition coefficient (Wildman–Crippen LogP) is 5.56. The Hall–Kier alpha value is -2.04. The lowest BCUT2D eigenvalue weighted by atomic mass is 10.3. The molecule has 0 radical (unpaired) electrons. The van der Waals surface area contributed by atoms with Crippen LogP contribution in [0.5, 0.6) is 0 Å². The van der Waals surface area contributed by atoms with Crippen molar-refractivity contribution < 1.29 is 48.3 Å². The van der Waals surface area contributed by atoms with Gasteiger partial charge in [0.05, 0.1) is 0 Å². The van der Waals surface area contributed by atoms with Crippen molar-refractivity contribution in [1.82, 2.24) is 0 Å². The molecule has 0 saturated carbocycles. The van der Waals surface area contributed by atoms with E-state index in [0.717, 1.165) is 0 Å². The molecule has 24 heavy (non-hydrogen) atoms. The largest absolute Gasteiger partial charge is 0.202 e. The van der Waals surface area contributed by atoms with Crippen molar-refractivity contribution in [2.45, 2.75) is 0 Å². The lowest BCUT2D eigenvalue weighted by Gasteiger charge is -2.00. The highest BCUT2D eigenvalue weighted by molar-refractivity contribution is 6.30. The molecular weight excluding hydrogens is 389 g/mol. The zero-order valence-corrected chi connectivity index (χ0v) is 11.3. The number of hydrogen-bond donors (Lipinski definition) is 0. The van der Waals surface area contributed by atoms with Gasteiger partial charge in [-0.25, -0.2) is 48.3 Å². The fraction of sp³-hybridized carbons (Fsp3) is 0. The van der Waals surface area contributed by atoms with E-state index in [0.29, 0.717) is 0 Å². The number of hydrogen-bond acceptors (Lipinski definition) is 0. The third kappa shape index (κ3) is 3.40. The number of benzene rings is 2. The smallest absolute Gasteiger partial charge is 0.200 e. The van der Waals surface area contributed by atoms with Crippen molar-refractivity contribution in [3.8, 4) is 0 Å². The Kier molecular flexibility index (Phi) is 6.04. The SMILES string of the molecule is Fc1c(F)c(F)c(Cl)c(F)c1F.Fc1c(F)c(F)c(F)c(F)c1F.